The van der Waals surface area contributed by atoms with Crippen molar-refractivity contribution in [2.75, 3.05) is 19.6 Å². The fraction of sp³-hybridized carbons (Fsp3) is 0.556. The predicted octanol–water partition coefficient (Wildman–Crippen LogP) is 2.83. The molecule has 132 valence electrons. The number of hydrogen-bond donors (Lipinski definition) is 2. The van der Waals surface area contributed by atoms with Crippen LogP contribution in [0.3, 0.4) is 0 Å². The largest absolute Gasteiger partial charge is 0.354 e. The molecular weight excluding hydrogens is 309 g/mol. The minimum atomic E-state index is -0.295. The van der Waals surface area contributed by atoms with Gasteiger partial charge < -0.3 is 15.5 Å². The number of nitrogens with zero attached hydrogens (tertiary/aromatic N) is 1. The first-order valence-electron chi connectivity index (χ1n) is 8.32. The summed E-state index contributed by atoms with van der Waals surface area (Å²) in [4.78, 5) is 25.7. The molecule has 0 bridgehead atoms. The number of carbonyl (C=O) groups excluding carboxylic acids is 2. The van der Waals surface area contributed by atoms with E-state index in [4.69, 9.17) is 0 Å². The molecule has 6 heteroatoms. The van der Waals surface area contributed by atoms with E-state index in [1.165, 1.54) is 12.1 Å². The number of benzene rings is 1. The summed E-state index contributed by atoms with van der Waals surface area (Å²) in [7, 11) is 0. The Morgan fingerprint density at radius 3 is 2.58 bits per heavy atom. The van der Waals surface area contributed by atoms with Crippen molar-refractivity contribution in [2.24, 2.45) is 5.41 Å². The van der Waals surface area contributed by atoms with Gasteiger partial charge in [0, 0.05) is 26.1 Å². The van der Waals surface area contributed by atoms with Crippen molar-refractivity contribution in [2.45, 2.75) is 39.7 Å². The second-order valence-corrected chi connectivity index (χ2v) is 7.41. The minimum absolute atomic E-state index is 0.00262. The Kier molecular flexibility index (Phi) is 5.80. The summed E-state index contributed by atoms with van der Waals surface area (Å²) in [6, 6.07) is 5.84. The van der Waals surface area contributed by atoms with Crippen LogP contribution in [0.1, 0.15) is 45.2 Å². The highest BCUT2D eigenvalue weighted by Gasteiger charge is 2.25. The van der Waals surface area contributed by atoms with Gasteiger partial charge in [0.05, 0.1) is 6.04 Å². The van der Waals surface area contributed by atoms with E-state index in [2.05, 4.69) is 31.4 Å². The van der Waals surface area contributed by atoms with Crippen molar-refractivity contribution >= 4 is 11.9 Å². The zero-order chi connectivity index (χ0) is 17.7. The van der Waals surface area contributed by atoms with Crippen molar-refractivity contribution in [3.05, 3.63) is 35.6 Å². The van der Waals surface area contributed by atoms with E-state index in [0.717, 1.165) is 12.0 Å². The van der Waals surface area contributed by atoms with Crippen LogP contribution in [0.2, 0.25) is 0 Å². The molecule has 1 fully saturated rings. The number of hydrogen-bond acceptors (Lipinski definition) is 2. The van der Waals surface area contributed by atoms with Crippen LogP contribution in [-0.4, -0.2) is 36.5 Å². The molecule has 1 atom stereocenters. The topological polar surface area (TPSA) is 61.4 Å². The van der Waals surface area contributed by atoms with E-state index in [-0.39, 0.29) is 29.2 Å². The lowest BCUT2D eigenvalue weighted by atomic mass is 9.85. The maximum absolute atomic E-state index is 13.2. The number of amides is 3. The Morgan fingerprint density at radius 2 is 1.96 bits per heavy atom. The molecule has 1 heterocycles. The van der Waals surface area contributed by atoms with Gasteiger partial charge in [0.2, 0.25) is 5.91 Å². The zero-order valence-corrected chi connectivity index (χ0v) is 14.6. The lowest BCUT2D eigenvalue weighted by Gasteiger charge is -2.30. The van der Waals surface area contributed by atoms with E-state index in [9.17, 15) is 14.0 Å². The SMILES string of the molecule is CC(C)(C)CC(NC(=O)N1CCNC(=O)CC1)c1ccc(F)cc1. The van der Waals surface area contributed by atoms with Crippen LogP contribution in [0.25, 0.3) is 0 Å². The van der Waals surface area contributed by atoms with Gasteiger partial charge >= 0.3 is 6.03 Å². The van der Waals surface area contributed by atoms with Crippen LogP contribution < -0.4 is 10.6 Å². The Balaban J connectivity index is 2.10. The van der Waals surface area contributed by atoms with Gasteiger partial charge in [-0.05, 0) is 29.5 Å². The Labute approximate surface area is 142 Å². The smallest absolute Gasteiger partial charge is 0.317 e. The summed E-state index contributed by atoms with van der Waals surface area (Å²) in [5.41, 5.74) is 0.881. The molecule has 1 unspecified atom stereocenters. The quantitative estimate of drug-likeness (QED) is 0.892. The van der Waals surface area contributed by atoms with Crippen LogP contribution in [0.15, 0.2) is 24.3 Å². The highest BCUT2D eigenvalue weighted by Crippen LogP contribution is 2.29. The number of urea groups is 1. The molecule has 1 aromatic rings. The molecule has 3 amide bonds. The fourth-order valence-corrected chi connectivity index (χ4v) is 2.77. The number of carbonyl (C=O) groups is 2. The first kappa shape index (κ1) is 18.2. The van der Waals surface area contributed by atoms with Crippen molar-refractivity contribution < 1.29 is 14.0 Å². The highest BCUT2D eigenvalue weighted by molar-refractivity contribution is 5.79. The third kappa shape index (κ3) is 5.51. The molecule has 0 radical (unpaired) electrons. The maximum atomic E-state index is 13.2. The summed E-state index contributed by atoms with van der Waals surface area (Å²) in [6.07, 6.45) is 1.04. The van der Waals surface area contributed by atoms with Crippen LogP contribution in [-0.2, 0) is 4.79 Å². The van der Waals surface area contributed by atoms with Gasteiger partial charge in [-0.1, -0.05) is 32.9 Å². The molecule has 1 aliphatic heterocycles. The summed E-state index contributed by atoms with van der Waals surface area (Å²) in [5, 5.41) is 5.80. The Hall–Kier alpha value is -2.11. The van der Waals surface area contributed by atoms with Gasteiger partial charge in [0.1, 0.15) is 5.82 Å². The second kappa shape index (κ2) is 7.64. The molecule has 0 aliphatic carbocycles. The first-order chi connectivity index (χ1) is 11.2. The zero-order valence-electron chi connectivity index (χ0n) is 14.6. The normalized spacial score (nSPS) is 17.0. The molecular formula is C18H26FN3O2. The summed E-state index contributed by atoms with van der Waals surface area (Å²) in [5.74, 6) is -0.327. The molecule has 0 saturated carbocycles. The van der Waals surface area contributed by atoms with Crippen LogP contribution in [0.4, 0.5) is 9.18 Å². The van der Waals surface area contributed by atoms with Crippen molar-refractivity contribution in [1.82, 2.24) is 15.5 Å². The summed E-state index contributed by atoms with van der Waals surface area (Å²) >= 11 is 0. The third-order valence-corrected chi connectivity index (χ3v) is 3.99. The lowest BCUT2D eigenvalue weighted by Crippen LogP contribution is -2.43. The molecule has 1 saturated heterocycles. The first-order valence-corrected chi connectivity index (χ1v) is 8.32. The summed E-state index contributed by atoms with van der Waals surface area (Å²) < 4.78 is 13.2. The van der Waals surface area contributed by atoms with Crippen LogP contribution >= 0.6 is 0 Å². The standard InChI is InChI=1S/C18H26FN3O2/c1-18(2,3)12-15(13-4-6-14(19)7-5-13)21-17(24)22-10-8-16(23)20-9-11-22/h4-7,15H,8-12H2,1-3H3,(H,20,23)(H,21,24). The lowest BCUT2D eigenvalue weighted by molar-refractivity contribution is -0.120. The molecule has 0 aromatic heterocycles. The van der Waals surface area contributed by atoms with Crippen LogP contribution in [0, 0.1) is 11.2 Å². The van der Waals surface area contributed by atoms with Crippen molar-refractivity contribution in [3.63, 3.8) is 0 Å². The van der Waals surface area contributed by atoms with E-state index in [0.29, 0.717) is 26.1 Å². The van der Waals surface area contributed by atoms with E-state index in [1.807, 2.05) is 0 Å². The number of nitrogens with one attached hydrogen (secondary N) is 2. The predicted molar refractivity (Wildman–Crippen MR) is 90.9 cm³/mol. The molecule has 1 aliphatic rings. The second-order valence-electron chi connectivity index (χ2n) is 7.41. The average molecular weight is 335 g/mol. The van der Waals surface area contributed by atoms with Gasteiger partial charge in [-0.15, -0.1) is 0 Å². The maximum Gasteiger partial charge on any atom is 0.317 e. The minimum Gasteiger partial charge on any atom is -0.354 e. The van der Waals surface area contributed by atoms with E-state index < -0.39 is 0 Å². The van der Waals surface area contributed by atoms with E-state index in [1.54, 1.807) is 17.0 Å². The monoisotopic (exact) mass is 335 g/mol. The van der Waals surface area contributed by atoms with Crippen molar-refractivity contribution in [3.8, 4) is 0 Å². The summed E-state index contributed by atoms with van der Waals surface area (Å²) in [6.45, 7) is 7.66. The number of rotatable bonds is 3. The fourth-order valence-electron chi connectivity index (χ4n) is 2.77. The molecule has 0 spiro atoms. The van der Waals surface area contributed by atoms with Gasteiger partial charge in [-0.2, -0.15) is 0 Å². The van der Waals surface area contributed by atoms with Gasteiger partial charge in [0.15, 0.2) is 0 Å². The molecule has 24 heavy (non-hydrogen) atoms. The molecule has 5 nitrogen and oxygen atoms in total. The molecule has 2 rings (SSSR count). The van der Waals surface area contributed by atoms with Gasteiger partial charge in [-0.3, -0.25) is 4.79 Å². The van der Waals surface area contributed by atoms with Gasteiger partial charge in [-0.25, -0.2) is 9.18 Å². The van der Waals surface area contributed by atoms with Crippen LogP contribution in [0.5, 0.6) is 0 Å². The molecule has 2 N–H and O–H groups in total. The molecule has 1 aromatic carbocycles. The number of halogens is 1. The highest BCUT2D eigenvalue weighted by atomic mass is 19.1. The third-order valence-electron chi connectivity index (χ3n) is 3.99. The van der Waals surface area contributed by atoms with E-state index >= 15 is 0 Å². The average Bonchev–Trinajstić information content (AvgIpc) is 2.70. The van der Waals surface area contributed by atoms with Gasteiger partial charge in [0.25, 0.3) is 0 Å². The van der Waals surface area contributed by atoms with Crippen molar-refractivity contribution in [1.29, 1.82) is 0 Å². The Morgan fingerprint density at radius 1 is 1.29 bits per heavy atom. The Bertz CT molecular complexity index is 581.